The average molecular weight is 652 g/mol. The summed E-state index contributed by atoms with van der Waals surface area (Å²) in [6.45, 7) is 0. The van der Waals surface area contributed by atoms with Gasteiger partial charge in [0.2, 0.25) is 11.5 Å². The number of hydrogen-bond acceptors (Lipinski definition) is 9. The minimum Gasteiger partial charge on any atom is -0.501 e. The summed E-state index contributed by atoms with van der Waals surface area (Å²) in [4.78, 5) is 55.5. The fourth-order valence-electron chi connectivity index (χ4n) is 3.71. The maximum Gasteiger partial charge on any atom is 0.360 e. The smallest absolute Gasteiger partial charge is 0.360 e. The standard InChI is InChI=1S/C17H11Cl3N2O3.C10H7ClN2O4/c18-10-3-6-14-21-15(16(24)17(25)22(14)8-10)13(23)5-2-9-1-4-11(19)12(20)7-9;1-17-10(16)7-8(14)9(15)13-4-5(11)2-3-6(13)12-7/h1,3-4,6-8,24H,2,5H2;2-4,14H,1H3. The van der Waals surface area contributed by atoms with Gasteiger partial charge in [-0.25, -0.2) is 14.8 Å². The van der Waals surface area contributed by atoms with Crippen molar-refractivity contribution in [3.8, 4) is 11.5 Å². The van der Waals surface area contributed by atoms with Gasteiger partial charge < -0.3 is 14.9 Å². The molecule has 4 aromatic heterocycles. The molecule has 0 bridgehead atoms. The summed E-state index contributed by atoms with van der Waals surface area (Å²) in [6, 6.07) is 11.1. The summed E-state index contributed by atoms with van der Waals surface area (Å²) in [5.41, 5.74) is -0.968. The number of aromatic hydroxyl groups is 2. The molecule has 0 saturated heterocycles. The van der Waals surface area contributed by atoms with Crippen LogP contribution in [0.1, 0.15) is 33.0 Å². The van der Waals surface area contributed by atoms with Gasteiger partial charge in [0, 0.05) is 18.8 Å². The highest BCUT2D eigenvalue weighted by Crippen LogP contribution is 2.24. The maximum absolute atomic E-state index is 12.4. The Bertz CT molecular complexity index is 1990. The lowest BCUT2D eigenvalue weighted by Crippen LogP contribution is -2.19. The van der Waals surface area contributed by atoms with Crippen molar-refractivity contribution < 1.29 is 24.5 Å². The molecule has 1 aromatic carbocycles. The zero-order valence-electron chi connectivity index (χ0n) is 21.3. The Balaban J connectivity index is 0.000000208. The average Bonchev–Trinajstić information content (AvgIpc) is 2.97. The normalized spacial score (nSPS) is 10.8. The molecule has 0 fully saturated rings. The first-order valence-electron chi connectivity index (χ1n) is 11.8. The quantitative estimate of drug-likeness (QED) is 0.197. The van der Waals surface area contributed by atoms with E-state index in [1.54, 1.807) is 24.3 Å². The Morgan fingerprint density at radius 2 is 1.31 bits per heavy atom. The fourth-order valence-corrected chi connectivity index (χ4v) is 4.35. The van der Waals surface area contributed by atoms with Gasteiger partial charge in [-0.2, -0.15) is 0 Å². The molecule has 0 amide bonds. The van der Waals surface area contributed by atoms with Crippen LogP contribution >= 0.6 is 46.4 Å². The second-order valence-corrected chi connectivity index (χ2v) is 10.2. The van der Waals surface area contributed by atoms with Crippen LogP contribution in [0, 0.1) is 0 Å². The molecule has 0 saturated carbocycles. The van der Waals surface area contributed by atoms with Crippen LogP contribution < -0.4 is 11.1 Å². The van der Waals surface area contributed by atoms with Crippen LogP contribution in [0.3, 0.4) is 0 Å². The molecule has 0 aliphatic rings. The Labute approximate surface area is 256 Å². The molecule has 0 atom stereocenters. The van der Waals surface area contributed by atoms with Crippen LogP contribution in [0.25, 0.3) is 11.3 Å². The number of nitrogens with zero attached hydrogens (tertiary/aromatic N) is 4. The largest absolute Gasteiger partial charge is 0.501 e. The van der Waals surface area contributed by atoms with Crippen LogP contribution in [-0.2, 0) is 11.2 Å². The van der Waals surface area contributed by atoms with Gasteiger partial charge in [0.25, 0.3) is 0 Å². The number of ether oxygens (including phenoxy) is 1. The number of esters is 1. The highest BCUT2D eigenvalue weighted by atomic mass is 35.5. The van der Waals surface area contributed by atoms with Crippen molar-refractivity contribution in [2.24, 2.45) is 0 Å². The lowest BCUT2D eigenvalue weighted by atomic mass is 10.1. The molecule has 42 heavy (non-hydrogen) atoms. The first-order chi connectivity index (χ1) is 19.9. The molecule has 0 radical (unpaired) electrons. The number of methoxy groups -OCH3 is 1. The number of rotatable bonds is 5. The van der Waals surface area contributed by atoms with E-state index in [2.05, 4.69) is 14.7 Å². The number of fused-ring (bicyclic) bond motifs is 2. The number of halogens is 4. The van der Waals surface area contributed by atoms with Crippen LogP contribution in [0.2, 0.25) is 20.1 Å². The molecule has 216 valence electrons. The van der Waals surface area contributed by atoms with Gasteiger partial charge in [-0.05, 0) is 48.4 Å². The molecule has 5 rings (SSSR count). The van der Waals surface area contributed by atoms with Gasteiger partial charge >= 0.3 is 17.1 Å². The highest BCUT2D eigenvalue weighted by Gasteiger charge is 2.20. The monoisotopic (exact) mass is 650 g/mol. The molecule has 0 unspecified atom stereocenters. The fraction of sp³-hybridized carbons (Fsp3) is 0.111. The number of ketones is 1. The first kappa shape index (κ1) is 30.8. The van der Waals surface area contributed by atoms with Crippen molar-refractivity contribution in [1.29, 1.82) is 0 Å². The number of carbonyl (C=O) groups excluding carboxylic acids is 2. The third-order valence-corrected chi connectivity index (χ3v) is 6.98. The van der Waals surface area contributed by atoms with Gasteiger partial charge in [0.15, 0.2) is 17.2 Å². The van der Waals surface area contributed by atoms with E-state index in [0.29, 0.717) is 26.5 Å². The van der Waals surface area contributed by atoms with Gasteiger partial charge in [0.05, 0.1) is 27.2 Å². The summed E-state index contributed by atoms with van der Waals surface area (Å²) in [5, 5.41) is 21.0. The van der Waals surface area contributed by atoms with E-state index in [9.17, 15) is 29.4 Å². The van der Waals surface area contributed by atoms with E-state index in [1.165, 1.54) is 30.6 Å². The lowest BCUT2D eigenvalue weighted by Gasteiger charge is -2.07. The van der Waals surface area contributed by atoms with Gasteiger partial charge in [-0.15, -0.1) is 0 Å². The zero-order valence-corrected chi connectivity index (χ0v) is 24.4. The minimum absolute atomic E-state index is 0.0573. The van der Waals surface area contributed by atoms with Gasteiger partial charge in [-0.1, -0.05) is 52.5 Å². The number of carbonyl (C=O) groups is 2. The molecule has 5 aromatic rings. The summed E-state index contributed by atoms with van der Waals surface area (Å²) < 4.78 is 6.55. The van der Waals surface area contributed by atoms with Crippen molar-refractivity contribution in [2.75, 3.05) is 7.11 Å². The Hall–Kier alpha value is -4.16. The molecule has 0 aliphatic carbocycles. The second kappa shape index (κ2) is 12.8. The summed E-state index contributed by atoms with van der Waals surface area (Å²) >= 11 is 23.3. The number of pyridine rings is 2. The van der Waals surface area contributed by atoms with E-state index in [4.69, 9.17) is 46.4 Å². The topological polar surface area (TPSA) is 153 Å². The Morgan fingerprint density at radius 1 is 0.786 bits per heavy atom. The number of aromatic nitrogens is 4. The van der Waals surface area contributed by atoms with Gasteiger partial charge in [0.1, 0.15) is 11.3 Å². The third kappa shape index (κ3) is 6.50. The molecule has 11 nitrogen and oxygen atoms in total. The van der Waals surface area contributed by atoms with Crippen LogP contribution in [0.4, 0.5) is 0 Å². The van der Waals surface area contributed by atoms with Crippen molar-refractivity contribution in [1.82, 2.24) is 18.8 Å². The molecule has 0 aliphatic heterocycles. The Kier molecular flexibility index (Phi) is 9.37. The zero-order chi connectivity index (χ0) is 30.7. The minimum atomic E-state index is -0.878. The van der Waals surface area contributed by atoms with Crippen LogP contribution in [-0.4, -0.2) is 47.8 Å². The van der Waals surface area contributed by atoms with E-state index < -0.39 is 40.1 Å². The number of benzene rings is 1. The maximum atomic E-state index is 12.4. The molecule has 4 heterocycles. The first-order valence-corrected chi connectivity index (χ1v) is 13.3. The lowest BCUT2D eigenvalue weighted by molar-refractivity contribution is 0.0590. The van der Waals surface area contributed by atoms with Gasteiger partial charge in [-0.3, -0.25) is 23.2 Å². The molecular formula is C27H18Cl4N4O7. The number of hydrogen-bond donors (Lipinski definition) is 2. The van der Waals surface area contributed by atoms with E-state index in [1.807, 2.05) is 0 Å². The van der Waals surface area contributed by atoms with Crippen molar-refractivity contribution >= 4 is 69.5 Å². The molecule has 0 spiro atoms. The third-order valence-electron chi connectivity index (χ3n) is 5.79. The second-order valence-electron chi connectivity index (χ2n) is 8.54. The van der Waals surface area contributed by atoms with Crippen LogP contribution in [0.5, 0.6) is 11.5 Å². The number of Topliss-reactive ketones (excluding diaryl/α,β-unsaturated/α-hetero) is 1. The van der Waals surface area contributed by atoms with E-state index >= 15 is 0 Å². The predicted molar refractivity (Wildman–Crippen MR) is 157 cm³/mol. The molecule has 2 N–H and O–H groups in total. The van der Waals surface area contributed by atoms with Crippen LogP contribution in [0.15, 0.2) is 64.4 Å². The Morgan fingerprint density at radius 3 is 1.83 bits per heavy atom. The van der Waals surface area contributed by atoms with E-state index in [-0.39, 0.29) is 23.4 Å². The molecule has 15 heteroatoms. The highest BCUT2D eigenvalue weighted by molar-refractivity contribution is 6.42. The summed E-state index contributed by atoms with van der Waals surface area (Å²) in [6.07, 6.45) is 3.06. The van der Waals surface area contributed by atoms with E-state index in [0.717, 1.165) is 21.5 Å². The summed E-state index contributed by atoms with van der Waals surface area (Å²) in [5.74, 6) is -2.79. The number of aryl methyl sites for hydroxylation is 1. The molecular weight excluding hydrogens is 634 g/mol. The van der Waals surface area contributed by atoms with Crippen molar-refractivity contribution in [3.05, 3.63) is 113 Å². The SMILES string of the molecule is COC(=O)c1nc2ccc(Cl)cn2c(=O)c1O.O=C(CCc1ccc(Cl)c(Cl)c1)c1nc2ccc(Cl)cn2c(=O)c1O. The predicted octanol–water partition coefficient (Wildman–Crippen LogP) is 5.02. The van der Waals surface area contributed by atoms with Crippen molar-refractivity contribution in [2.45, 2.75) is 12.8 Å². The summed E-state index contributed by atoms with van der Waals surface area (Å²) in [7, 11) is 1.13. The van der Waals surface area contributed by atoms with Crippen molar-refractivity contribution in [3.63, 3.8) is 0 Å².